The van der Waals surface area contributed by atoms with Gasteiger partial charge in [0.2, 0.25) is 5.88 Å². The molecule has 6 rings (SSSR count). The lowest BCUT2D eigenvalue weighted by Gasteiger charge is -2.31. The van der Waals surface area contributed by atoms with Gasteiger partial charge in [-0.05, 0) is 55.3 Å². The Morgan fingerprint density at radius 1 is 1.10 bits per heavy atom. The van der Waals surface area contributed by atoms with Crippen LogP contribution in [-0.4, -0.2) is 54.7 Å². The van der Waals surface area contributed by atoms with Crippen LogP contribution in [0.3, 0.4) is 0 Å². The first-order valence-corrected chi connectivity index (χ1v) is 13.8. The molecule has 5 aromatic rings. The maximum absolute atomic E-state index is 14.0. The molecule has 12 heteroatoms. The third kappa shape index (κ3) is 6.37. The summed E-state index contributed by atoms with van der Waals surface area (Å²) in [7, 11) is 0. The zero-order valence-corrected chi connectivity index (χ0v) is 23.2. The number of carbonyl (C=O) groups is 1. The molecule has 0 saturated carbocycles. The van der Waals surface area contributed by atoms with Gasteiger partial charge in [0.25, 0.3) is 0 Å². The van der Waals surface area contributed by atoms with E-state index < -0.39 is 11.8 Å². The second-order valence-electron chi connectivity index (χ2n) is 10.0. The number of pyridine rings is 1. The van der Waals surface area contributed by atoms with Gasteiger partial charge in [-0.1, -0.05) is 17.7 Å². The predicted octanol–water partition coefficient (Wildman–Crippen LogP) is 5.58. The molecule has 42 heavy (non-hydrogen) atoms. The number of hydrogen-bond acceptors (Lipinski definition) is 8. The van der Waals surface area contributed by atoms with E-state index in [4.69, 9.17) is 30.5 Å². The van der Waals surface area contributed by atoms with Crippen molar-refractivity contribution in [2.24, 2.45) is 0 Å². The van der Waals surface area contributed by atoms with Gasteiger partial charge in [0, 0.05) is 24.2 Å². The Hall–Kier alpha value is -4.48. The lowest BCUT2D eigenvalue weighted by atomic mass is 10.1. The van der Waals surface area contributed by atoms with Crippen molar-refractivity contribution in [3.8, 4) is 11.6 Å². The summed E-state index contributed by atoms with van der Waals surface area (Å²) in [6.45, 7) is 2.65. The van der Waals surface area contributed by atoms with Crippen molar-refractivity contribution in [3.05, 3.63) is 101 Å². The summed E-state index contributed by atoms with van der Waals surface area (Å²) in [6.07, 6.45) is 4.60. The summed E-state index contributed by atoms with van der Waals surface area (Å²) in [4.78, 5) is 27.2. The molecule has 1 fully saturated rings. The molecular weight excluding hydrogens is 565 g/mol. The molecule has 1 aliphatic heterocycles. The number of oxazole rings is 1. The number of piperidine rings is 1. The third-order valence-electron chi connectivity index (χ3n) is 7.11. The van der Waals surface area contributed by atoms with E-state index in [1.54, 1.807) is 42.6 Å². The van der Waals surface area contributed by atoms with Crippen LogP contribution in [0.2, 0.25) is 5.02 Å². The number of carboxylic acid groups (broad SMARTS) is 1. The second-order valence-corrected chi connectivity index (χ2v) is 10.5. The zero-order valence-electron chi connectivity index (χ0n) is 22.5. The lowest BCUT2D eigenvalue weighted by molar-refractivity contribution is 0.0697. The summed E-state index contributed by atoms with van der Waals surface area (Å²) in [5, 5.41) is 9.80. The molecule has 10 nitrogen and oxygen atoms in total. The van der Waals surface area contributed by atoms with Crippen LogP contribution >= 0.6 is 11.6 Å². The van der Waals surface area contributed by atoms with Gasteiger partial charge in [-0.15, -0.1) is 0 Å². The fourth-order valence-electron chi connectivity index (χ4n) is 4.98. The van der Waals surface area contributed by atoms with E-state index in [9.17, 15) is 14.3 Å². The lowest BCUT2D eigenvalue weighted by Crippen LogP contribution is -2.38. The highest BCUT2D eigenvalue weighted by Crippen LogP contribution is 2.25. The number of imidazole rings is 1. The Kier molecular flexibility index (Phi) is 8.02. The van der Waals surface area contributed by atoms with Crippen molar-refractivity contribution in [1.29, 1.82) is 0 Å². The Labute approximate surface area is 245 Å². The highest BCUT2D eigenvalue weighted by molar-refractivity contribution is 6.30. The number of carboxylic acids is 1. The van der Waals surface area contributed by atoms with Crippen LogP contribution in [0, 0.1) is 5.82 Å². The van der Waals surface area contributed by atoms with Crippen LogP contribution in [0.5, 0.6) is 11.6 Å². The topological polar surface area (TPSA) is 116 Å². The monoisotopic (exact) mass is 591 g/mol. The number of benzene rings is 2. The zero-order chi connectivity index (χ0) is 29.1. The number of hydrogen-bond donors (Lipinski definition) is 1. The summed E-state index contributed by atoms with van der Waals surface area (Å²) in [5.41, 5.74) is 2.28. The molecular formula is C30H27ClFN5O5. The smallest absolute Gasteiger partial charge is 0.335 e. The van der Waals surface area contributed by atoms with Crippen molar-refractivity contribution in [1.82, 2.24) is 24.4 Å². The molecule has 0 bridgehead atoms. The summed E-state index contributed by atoms with van der Waals surface area (Å²) >= 11 is 5.81. The van der Waals surface area contributed by atoms with E-state index in [-0.39, 0.29) is 24.0 Å². The molecule has 0 atom stereocenters. The van der Waals surface area contributed by atoms with Gasteiger partial charge in [0.05, 0.1) is 41.6 Å². The molecule has 216 valence electrons. The van der Waals surface area contributed by atoms with Gasteiger partial charge in [-0.2, -0.15) is 0 Å². The van der Waals surface area contributed by atoms with Crippen LogP contribution in [0.4, 0.5) is 4.39 Å². The molecule has 1 N–H and O–H groups in total. The number of fused-ring (bicyclic) bond motifs is 1. The molecule has 0 radical (unpaired) electrons. The van der Waals surface area contributed by atoms with Crippen molar-refractivity contribution in [2.45, 2.75) is 38.6 Å². The SMILES string of the molecule is O=C(O)c1ccc2nc(CN3CCC(Oc4cccc(COc5ccc(Cl)cc5F)n4)CC3)n(Cc3cnco3)c2c1. The highest BCUT2D eigenvalue weighted by atomic mass is 35.5. The van der Waals surface area contributed by atoms with E-state index in [2.05, 4.69) is 14.9 Å². The fourth-order valence-corrected chi connectivity index (χ4v) is 5.14. The number of aromatic carboxylic acids is 1. The first kappa shape index (κ1) is 27.7. The van der Waals surface area contributed by atoms with E-state index in [1.165, 1.54) is 18.5 Å². The van der Waals surface area contributed by atoms with E-state index in [0.29, 0.717) is 35.4 Å². The van der Waals surface area contributed by atoms with Crippen LogP contribution in [0.1, 0.15) is 40.5 Å². The number of halogens is 2. The summed E-state index contributed by atoms with van der Waals surface area (Å²) in [6, 6.07) is 14.6. The number of ether oxygens (including phenoxy) is 2. The fraction of sp³-hybridized carbons (Fsp3) is 0.267. The molecule has 1 saturated heterocycles. The number of aromatic nitrogens is 4. The Bertz CT molecular complexity index is 1700. The minimum atomic E-state index is -0.990. The van der Waals surface area contributed by atoms with Crippen molar-refractivity contribution in [2.75, 3.05) is 13.1 Å². The van der Waals surface area contributed by atoms with Crippen LogP contribution in [-0.2, 0) is 19.7 Å². The van der Waals surface area contributed by atoms with Gasteiger partial charge in [0.1, 0.15) is 24.3 Å². The van der Waals surface area contributed by atoms with Gasteiger partial charge >= 0.3 is 5.97 Å². The van der Waals surface area contributed by atoms with Gasteiger partial charge in [-0.25, -0.2) is 24.1 Å². The number of rotatable bonds is 10. The minimum absolute atomic E-state index is 0.00948. The van der Waals surface area contributed by atoms with Crippen LogP contribution < -0.4 is 9.47 Å². The quantitative estimate of drug-likeness (QED) is 0.222. The summed E-state index contributed by atoms with van der Waals surface area (Å²) in [5.74, 6) is 0.554. The molecule has 4 heterocycles. The summed E-state index contributed by atoms with van der Waals surface area (Å²) < 4.78 is 33.2. The number of likely N-dealkylation sites (tertiary alicyclic amines) is 1. The highest BCUT2D eigenvalue weighted by Gasteiger charge is 2.24. The minimum Gasteiger partial charge on any atom is -0.484 e. The maximum Gasteiger partial charge on any atom is 0.335 e. The van der Waals surface area contributed by atoms with E-state index >= 15 is 0 Å². The average molecular weight is 592 g/mol. The molecule has 0 unspecified atom stereocenters. The predicted molar refractivity (Wildman–Crippen MR) is 151 cm³/mol. The number of nitrogens with zero attached hydrogens (tertiary/aromatic N) is 5. The van der Waals surface area contributed by atoms with Crippen molar-refractivity contribution >= 4 is 28.6 Å². The van der Waals surface area contributed by atoms with E-state index in [1.807, 2.05) is 10.6 Å². The molecule has 0 spiro atoms. The van der Waals surface area contributed by atoms with Crippen molar-refractivity contribution < 1.29 is 28.2 Å². The largest absolute Gasteiger partial charge is 0.484 e. The van der Waals surface area contributed by atoms with Gasteiger partial charge in [-0.3, -0.25) is 4.90 Å². The Morgan fingerprint density at radius 3 is 2.71 bits per heavy atom. The molecule has 3 aromatic heterocycles. The maximum atomic E-state index is 14.0. The van der Waals surface area contributed by atoms with E-state index in [0.717, 1.165) is 42.8 Å². The standard InChI is InChI=1S/C30H27ClFN5O5/c31-20-5-7-27(24(32)13-20)40-17-21-2-1-3-29(34-21)42-22-8-10-36(11-9-22)16-28-35-25-6-4-19(30(38)39)12-26(25)37(28)15-23-14-33-18-41-23/h1-7,12-14,18,22H,8-11,15-17H2,(H,38,39). The molecule has 1 aliphatic rings. The second kappa shape index (κ2) is 12.2. The first-order valence-electron chi connectivity index (χ1n) is 13.4. The Balaban J connectivity index is 1.08. The van der Waals surface area contributed by atoms with Crippen LogP contribution in [0.15, 0.2) is 71.6 Å². The molecule has 0 aliphatic carbocycles. The normalized spacial score (nSPS) is 14.3. The molecule has 2 aromatic carbocycles. The first-order chi connectivity index (χ1) is 20.4. The Morgan fingerprint density at radius 2 is 1.95 bits per heavy atom. The van der Waals surface area contributed by atoms with Gasteiger partial charge < -0.3 is 23.6 Å². The van der Waals surface area contributed by atoms with Crippen molar-refractivity contribution in [3.63, 3.8) is 0 Å². The average Bonchev–Trinajstić information content (AvgIpc) is 3.62. The van der Waals surface area contributed by atoms with Crippen LogP contribution in [0.25, 0.3) is 11.0 Å². The third-order valence-corrected chi connectivity index (χ3v) is 7.34. The van der Waals surface area contributed by atoms with Gasteiger partial charge in [0.15, 0.2) is 18.0 Å². The molecule has 0 amide bonds.